The molecule has 9 heteroatoms. The van der Waals surface area contributed by atoms with Crippen LogP contribution in [0, 0.1) is 0 Å². The summed E-state index contributed by atoms with van der Waals surface area (Å²) in [5.74, 6) is 0.891. The molecule has 1 atom stereocenters. The van der Waals surface area contributed by atoms with E-state index in [-0.39, 0.29) is 6.04 Å². The van der Waals surface area contributed by atoms with E-state index >= 15 is 0 Å². The van der Waals surface area contributed by atoms with Crippen molar-refractivity contribution in [2.45, 2.75) is 18.8 Å². The maximum atomic E-state index is 12.6. The smallest absolute Gasteiger partial charge is 0.337 e. The third-order valence-corrected chi connectivity index (χ3v) is 3.81. The minimum Gasteiger partial charge on any atom is -0.337 e. The van der Waals surface area contributed by atoms with E-state index in [2.05, 4.69) is 25.4 Å². The van der Waals surface area contributed by atoms with Gasteiger partial charge >= 0.3 is 6.18 Å². The van der Waals surface area contributed by atoms with Crippen LogP contribution in [0.15, 0.2) is 18.5 Å². The van der Waals surface area contributed by atoms with Crippen molar-refractivity contribution in [2.75, 3.05) is 19.6 Å². The molecule has 0 saturated carbocycles. The molecule has 0 aliphatic carbocycles. The van der Waals surface area contributed by atoms with Gasteiger partial charge in [0, 0.05) is 51.3 Å². The van der Waals surface area contributed by atoms with Crippen LogP contribution >= 0.6 is 0 Å². The molecule has 3 rings (SSSR count). The molecule has 2 aromatic heterocycles. The Morgan fingerprint density at radius 2 is 2.23 bits per heavy atom. The largest absolute Gasteiger partial charge is 0.435 e. The number of aromatic nitrogens is 4. The molecule has 1 saturated heterocycles. The summed E-state index contributed by atoms with van der Waals surface area (Å²) in [6.45, 7) is 2.62. The summed E-state index contributed by atoms with van der Waals surface area (Å²) in [4.78, 5) is 6.45. The van der Waals surface area contributed by atoms with Crippen LogP contribution in [0.25, 0.3) is 0 Å². The Morgan fingerprint density at radius 3 is 2.86 bits per heavy atom. The van der Waals surface area contributed by atoms with Crippen LogP contribution < -0.4 is 5.32 Å². The minimum absolute atomic E-state index is 0.0198. The van der Waals surface area contributed by atoms with Crippen molar-refractivity contribution in [1.82, 2.24) is 30.0 Å². The molecule has 0 spiro atoms. The van der Waals surface area contributed by atoms with Crippen LogP contribution in [0.4, 0.5) is 13.2 Å². The lowest BCUT2D eigenvalue weighted by Crippen LogP contribution is -2.46. The SMILES string of the molecule is Cn1ccnc1C1CNCCN1Cc1cc(C(F)(F)F)n[nH]1. The Hall–Kier alpha value is -1.87. The first kappa shape index (κ1) is 15.0. The second kappa shape index (κ2) is 5.73. The zero-order chi connectivity index (χ0) is 15.7. The topological polar surface area (TPSA) is 61.8 Å². The van der Waals surface area contributed by atoms with Gasteiger partial charge in [0.15, 0.2) is 5.69 Å². The van der Waals surface area contributed by atoms with E-state index in [1.165, 1.54) is 0 Å². The number of alkyl halides is 3. The third kappa shape index (κ3) is 3.00. The van der Waals surface area contributed by atoms with Crippen LogP contribution in [0.1, 0.15) is 23.3 Å². The maximum absolute atomic E-state index is 12.6. The maximum Gasteiger partial charge on any atom is 0.435 e. The fraction of sp³-hybridized carbons (Fsp3) is 0.538. The van der Waals surface area contributed by atoms with Gasteiger partial charge in [0.1, 0.15) is 5.82 Å². The van der Waals surface area contributed by atoms with Crippen molar-refractivity contribution >= 4 is 0 Å². The molecule has 0 radical (unpaired) electrons. The monoisotopic (exact) mass is 314 g/mol. The van der Waals surface area contributed by atoms with Gasteiger partial charge in [-0.05, 0) is 6.07 Å². The van der Waals surface area contributed by atoms with Crippen LogP contribution in [0.3, 0.4) is 0 Å². The molecule has 2 aromatic rings. The standard InChI is InChI=1S/C13H17F3N6/c1-21-4-3-18-12(21)10-7-17-2-5-22(10)8-9-6-11(20-19-9)13(14,15)16/h3-4,6,10,17H,2,5,7-8H2,1H3,(H,19,20). The number of piperazine rings is 1. The van der Waals surface area contributed by atoms with Gasteiger partial charge in [-0.2, -0.15) is 18.3 Å². The highest BCUT2D eigenvalue weighted by Gasteiger charge is 2.34. The van der Waals surface area contributed by atoms with E-state index in [1.54, 1.807) is 6.20 Å². The molecular formula is C13H17F3N6. The number of H-pyrrole nitrogens is 1. The molecule has 0 bridgehead atoms. The fourth-order valence-electron chi connectivity index (χ4n) is 2.70. The second-order valence-electron chi connectivity index (χ2n) is 5.36. The minimum atomic E-state index is -4.42. The molecule has 6 nitrogen and oxygen atoms in total. The van der Waals surface area contributed by atoms with Gasteiger partial charge in [-0.3, -0.25) is 10.00 Å². The van der Waals surface area contributed by atoms with Crippen LogP contribution in [0.5, 0.6) is 0 Å². The Balaban J connectivity index is 1.77. The molecule has 1 unspecified atom stereocenters. The summed E-state index contributed by atoms with van der Waals surface area (Å²) in [6.07, 6.45) is -0.836. The lowest BCUT2D eigenvalue weighted by molar-refractivity contribution is -0.141. The highest BCUT2D eigenvalue weighted by atomic mass is 19.4. The van der Waals surface area contributed by atoms with Crippen molar-refractivity contribution < 1.29 is 13.2 Å². The van der Waals surface area contributed by atoms with Crippen molar-refractivity contribution in [3.05, 3.63) is 35.7 Å². The molecule has 22 heavy (non-hydrogen) atoms. The normalized spacial score (nSPS) is 20.5. The lowest BCUT2D eigenvalue weighted by Gasteiger charge is -2.35. The first-order chi connectivity index (χ1) is 10.4. The number of hydrogen-bond acceptors (Lipinski definition) is 4. The number of nitrogens with zero attached hydrogens (tertiary/aromatic N) is 4. The van der Waals surface area contributed by atoms with Gasteiger partial charge < -0.3 is 9.88 Å². The summed E-state index contributed by atoms with van der Waals surface area (Å²) in [5, 5.41) is 9.12. The number of hydrogen-bond donors (Lipinski definition) is 2. The Bertz CT molecular complexity index is 632. The van der Waals surface area contributed by atoms with Crippen molar-refractivity contribution in [3.8, 4) is 0 Å². The average Bonchev–Trinajstić information content (AvgIpc) is 3.08. The summed E-state index contributed by atoms with van der Waals surface area (Å²) in [5.41, 5.74) is -0.431. The molecule has 0 aromatic carbocycles. The van der Waals surface area contributed by atoms with E-state index in [0.29, 0.717) is 18.8 Å². The van der Waals surface area contributed by atoms with Gasteiger partial charge in [0.2, 0.25) is 0 Å². The summed E-state index contributed by atoms with van der Waals surface area (Å²) in [7, 11) is 1.91. The summed E-state index contributed by atoms with van der Waals surface area (Å²) >= 11 is 0. The molecule has 3 heterocycles. The van der Waals surface area contributed by atoms with Crippen LogP contribution in [0.2, 0.25) is 0 Å². The van der Waals surface area contributed by atoms with Gasteiger partial charge in [-0.1, -0.05) is 0 Å². The van der Waals surface area contributed by atoms with Crippen molar-refractivity contribution in [3.63, 3.8) is 0 Å². The van der Waals surface area contributed by atoms with Crippen molar-refractivity contribution in [1.29, 1.82) is 0 Å². The molecule has 120 valence electrons. The molecule has 0 amide bonds. The number of rotatable bonds is 3. The van der Waals surface area contributed by atoms with Gasteiger partial charge in [-0.25, -0.2) is 4.98 Å². The highest BCUT2D eigenvalue weighted by molar-refractivity contribution is 5.12. The molecule has 1 aliphatic heterocycles. The molecule has 2 N–H and O–H groups in total. The molecule has 1 fully saturated rings. The number of halogens is 3. The van der Waals surface area contributed by atoms with Gasteiger partial charge in [0.25, 0.3) is 0 Å². The number of aromatic amines is 1. The Morgan fingerprint density at radius 1 is 1.41 bits per heavy atom. The van der Waals surface area contributed by atoms with Crippen molar-refractivity contribution in [2.24, 2.45) is 7.05 Å². The second-order valence-corrected chi connectivity index (χ2v) is 5.36. The quantitative estimate of drug-likeness (QED) is 0.897. The van der Waals surface area contributed by atoms with E-state index in [1.807, 2.05) is 17.8 Å². The Kier molecular flexibility index (Phi) is 3.92. The zero-order valence-corrected chi connectivity index (χ0v) is 12.1. The predicted octanol–water partition coefficient (Wildman–Crippen LogP) is 1.31. The average molecular weight is 314 g/mol. The summed E-state index contributed by atoms with van der Waals surface area (Å²) in [6, 6.07) is 1.09. The third-order valence-electron chi connectivity index (χ3n) is 3.81. The van der Waals surface area contributed by atoms with E-state index < -0.39 is 11.9 Å². The first-order valence-corrected chi connectivity index (χ1v) is 6.98. The van der Waals surface area contributed by atoms with Gasteiger partial charge in [-0.15, -0.1) is 0 Å². The number of imidazole rings is 1. The van der Waals surface area contributed by atoms with Gasteiger partial charge in [0.05, 0.1) is 6.04 Å². The fourth-order valence-corrected chi connectivity index (χ4v) is 2.70. The van der Waals surface area contributed by atoms with E-state index in [4.69, 9.17) is 0 Å². The Labute approximate surface area is 125 Å². The van der Waals surface area contributed by atoms with Crippen LogP contribution in [-0.2, 0) is 19.8 Å². The number of aryl methyl sites for hydroxylation is 1. The molecule has 1 aliphatic rings. The molecular weight excluding hydrogens is 297 g/mol. The number of nitrogens with one attached hydrogen (secondary N) is 2. The highest BCUT2D eigenvalue weighted by Crippen LogP contribution is 2.29. The lowest BCUT2D eigenvalue weighted by atomic mass is 10.1. The van der Waals surface area contributed by atoms with Crippen LogP contribution in [-0.4, -0.2) is 44.3 Å². The van der Waals surface area contributed by atoms with E-state index in [9.17, 15) is 13.2 Å². The van der Waals surface area contributed by atoms with E-state index in [0.717, 1.165) is 25.0 Å². The first-order valence-electron chi connectivity index (χ1n) is 6.98. The zero-order valence-electron chi connectivity index (χ0n) is 12.1. The predicted molar refractivity (Wildman–Crippen MR) is 72.8 cm³/mol. The summed E-state index contributed by atoms with van der Waals surface area (Å²) < 4.78 is 39.8.